The minimum atomic E-state index is -1.84. The summed E-state index contributed by atoms with van der Waals surface area (Å²) in [5, 5.41) is 0. The van der Waals surface area contributed by atoms with Crippen LogP contribution in [0.1, 0.15) is 0 Å². The van der Waals surface area contributed by atoms with Crippen LogP contribution in [-0.4, -0.2) is 31.4 Å². The highest BCUT2D eigenvalue weighted by molar-refractivity contribution is 6.78. The van der Waals surface area contributed by atoms with Gasteiger partial charge < -0.3 is 4.74 Å². The van der Waals surface area contributed by atoms with Crippen molar-refractivity contribution >= 4 is 20.2 Å². The van der Waals surface area contributed by atoms with Gasteiger partial charge in [0.15, 0.2) is 14.8 Å². The second-order valence-electron chi connectivity index (χ2n) is 3.45. The molecule has 0 aromatic rings. The maximum atomic E-state index is 11.0. The van der Waals surface area contributed by atoms with E-state index in [-0.39, 0.29) is 12.5 Å². The molecular formula is C6H11NO3Si. The second kappa shape index (κ2) is 2.33. The smallest absolute Gasteiger partial charge is 0.408 e. The minimum Gasteiger partial charge on any atom is -0.440 e. The average Bonchev–Trinajstić information content (AvgIpc) is 2.08. The minimum absolute atomic E-state index is 0.0803. The molecule has 1 fully saturated rings. The summed E-state index contributed by atoms with van der Waals surface area (Å²) in [6.07, 6.45) is -0.478. The van der Waals surface area contributed by atoms with Gasteiger partial charge >= 0.3 is 6.09 Å². The highest BCUT2D eigenvalue weighted by Gasteiger charge is 2.40. The van der Waals surface area contributed by atoms with Crippen molar-refractivity contribution in [3.63, 3.8) is 0 Å². The van der Waals surface area contributed by atoms with Crippen molar-refractivity contribution in [1.82, 2.24) is 4.57 Å². The molecule has 4 nitrogen and oxygen atoms in total. The Hall–Kier alpha value is -0.843. The van der Waals surface area contributed by atoms with Crippen LogP contribution in [0.5, 0.6) is 0 Å². The van der Waals surface area contributed by atoms with Crippen LogP contribution in [0.15, 0.2) is 0 Å². The number of rotatable bonds is 1. The molecule has 1 aliphatic rings. The van der Waals surface area contributed by atoms with Crippen LogP contribution < -0.4 is 0 Å². The van der Waals surface area contributed by atoms with E-state index in [1.165, 1.54) is 4.57 Å². The van der Waals surface area contributed by atoms with Crippen molar-refractivity contribution < 1.29 is 14.3 Å². The van der Waals surface area contributed by atoms with E-state index in [1.807, 2.05) is 19.6 Å². The average molecular weight is 173 g/mol. The molecule has 0 saturated carbocycles. The van der Waals surface area contributed by atoms with Crippen LogP contribution >= 0.6 is 0 Å². The number of cyclic esters (lactones) is 1. The number of hydrogen-bond donors (Lipinski definition) is 0. The third-order valence-electron chi connectivity index (χ3n) is 1.42. The Bertz CT molecular complexity index is 192. The number of carbonyl (C=O) groups is 2. The molecule has 0 bridgehead atoms. The molecule has 1 aliphatic heterocycles. The van der Waals surface area contributed by atoms with Gasteiger partial charge in [0.05, 0.1) is 0 Å². The first-order chi connectivity index (χ1) is 4.93. The van der Waals surface area contributed by atoms with Crippen molar-refractivity contribution in [2.45, 2.75) is 19.6 Å². The zero-order valence-electron chi connectivity index (χ0n) is 6.88. The fourth-order valence-corrected chi connectivity index (χ4v) is 2.43. The lowest BCUT2D eigenvalue weighted by Crippen LogP contribution is -2.49. The van der Waals surface area contributed by atoms with Gasteiger partial charge in [-0.15, -0.1) is 0 Å². The zero-order chi connectivity index (χ0) is 8.65. The van der Waals surface area contributed by atoms with Crippen LogP contribution in [0, 0.1) is 0 Å². The van der Waals surface area contributed by atoms with Crippen molar-refractivity contribution in [2.24, 2.45) is 0 Å². The summed E-state index contributed by atoms with van der Waals surface area (Å²) in [6, 6.07) is 0. The van der Waals surface area contributed by atoms with Crippen LogP contribution in [-0.2, 0) is 9.53 Å². The molecular weight excluding hydrogens is 162 g/mol. The first kappa shape index (κ1) is 8.26. The molecule has 0 atom stereocenters. The molecule has 0 N–H and O–H groups in total. The third-order valence-corrected chi connectivity index (χ3v) is 3.20. The first-order valence-electron chi connectivity index (χ1n) is 3.43. The topological polar surface area (TPSA) is 46.6 Å². The number of amides is 2. The number of carbonyl (C=O) groups excluding carboxylic acids is 2. The summed E-state index contributed by atoms with van der Waals surface area (Å²) in [7, 11) is -1.84. The van der Waals surface area contributed by atoms with Gasteiger partial charge in [-0.25, -0.2) is 4.79 Å². The highest BCUT2D eigenvalue weighted by Crippen LogP contribution is 2.15. The van der Waals surface area contributed by atoms with E-state index < -0.39 is 14.3 Å². The number of ether oxygens (including phenoxy) is 1. The molecule has 0 unspecified atom stereocenters. The Morgan fingerprint density at radius 1 is 1.36 bits per heavy atom. The van der Waals surface area contributed by atoms with E-state index in [2.05, 4.69) is 4.74 Å². The van der Waals surface area contributed by atoms with E-state index in [1.54, 1.807) is 0 Å². The molecule has 0 radical (unpaired) electrons. The Morgan fingerprint density at radius 3 is 2.09 bits per heavy atom. The molecule has 62 valence electrons. The first-order valence-corrected chi connectivity index (χ1v) is 6.87. The zero-order valence-corrected chi connectivity index (χ0v) is 7.88. The van der Waals surface area contributed by atoms with Crippen LogP contribution in [0.3, 0.4) is 0 Å². The normalized spacial score (nSPS) is 19.0. The lowest BCUT2D eigenvalue weighted by Gasteiger charge is -2.24. The molecule has 2 amide bonds. The molecule has 5 heteroatoms. The summed E-state index contributed by atoms with van der Waals surface area (Å²) in [4.78, 5) is 22.0. The summed E-state index contributed by atoms with van der Waals surface area (Å²) in [5.41, 5.74) is 0. The molecule has 11 heavy (non-hydrogen) atoms. The number of imide groups is 1. The van der Waals surface area contributed by atoms with E-state index in [4.69, 9.17) is 0 Å². The van der Waals surface area contributed by atoms with Crippen LogP contribution in [0.25, 0.3) is 0 Å². The lowest BCUT2D eigenvalue weighted by atomic mass is 10.7. The van der Waals surface area contributed by atoms with Gasteiger partial charge in [0.25, 0.3) is 5.91 Å². The molecule has 0 aliphatic carbocycles. The van der Waals surface area contributed by atoms with Crippen LogP contribution in [0.4, 0.5) is 4.79 Å². The quantitative estimate of drug-likeness (QED) is 0.551. The molecule has 0 spiro atoms. The second-order valence-corrected chi connectivity index (χ2v) is 8.24. The maximum Gasteiger partial charge on any atom is 0.408 e. The predicted octanol–water partition coefficient (Wildman–Crippen LogP) is 0.800. The Morgan fingerprint density at radius 2 is 1.91 bits per heavy atom. The molecule has 1 saturated heterocycles. The molecule has 1 rings (SSSR count). The van der Waals surface area contributed by atoms with Crippen LogP contribution in [0.2, 0.25) is 19.6 Å². The van der Waals surface area contributed by atoms with Gasteiger partial charge in [0, 0.05) is 0 Å². The monoisotopic (exact) mass is 173 g/mol. The summed E-state index contributed by atoms with van der Waals surface area (Å²) in [5.74, 6) is -0.200. The third kappa shape index (κ3) is 1.42. The van der Waals surface area contributed by atoms with Gasteiger partial charge in [0.2, 0.25) is 0 Å². The van der Waals surface area contributed by atoms with Crippen molar-refractivity contribution in [1.29, 1.82) is 0 Å². The molecule has 1 heterocycles. The van der Waals surface area contributed by atoms with E-state index in [0.29, 0.717) is 0 Å². The van der Waals surface area contributed by atoms with Gasteiger partial charge in [0.1, 0.15) is 0 Å². The fourth-order valence-electron chi connectivity index (χ4n) is 1.00. The summed E-state index contributed by atoms with van der Waals surface area (Å²) >= 11 is 0. The SMILES string of the molecule is C[Si](C)(C)N1C(=O)COC1=O. The molecule has 0 aromatic carbocycles. The van der Waals surface area contributed by atoms with Gasteiger partial charge in [-0.1, -0.05) is 19.6 Å². The highest BCUT2D eigenvalue weighted by atomic mass is 28.3. The van der Waals surface area contributed by atoms with Crippen molar-refractivity contribution in [2.75, 3.05) is 6.61 Å². The Labute approximate surface area is 66.2 Å². The standard InChI is InChI=1S/C6H11NO3Si/c1-11(2,3)7-5(8)4-10-6(7)9/h4H2,1-3H3. The largest absolute Gasteiger partial charge is 0.440 e. The predicted molar refractivity (Wildman–Crippen MR) is 41.5 cm³/mol. The maximum absolute atomic E-state index is 11.0. The number of hydrogen-bond acceptors (Lipinski definition) is 3. The Kier molecular flexibility index (Phi) is 1.75. The van der Waals surface area contributed by atoms with E-state index in [9.17, 15) is 9.59 Å². The number of nitrogens with zero attached hydrogens (tertiary/aromatic N) is 1. The van der Waals surface area contributed by atoms with Gasteiger partial charge in [-0.2, -0.15) is 0 Å². The molecule has 0 aromatic heterocycles. The lowest BCUT2D eigenvalue weighted by molar-refractivity contribution is -0.123. The van der Waals surface area contributed by atoms with Crippen molar-refractivity contribution in [3.8, 4) is 0 Å². The van der Waals surface area contributed by atoms with Gasteiger partial charge in [-0.05, 0) is 0 Å². The van der Waals surface area contributed by atoms with Gasteiger partial charge in [-0.3, -0.25) is 9.36 Å². The summed E-state index contributed by atoms with van der Waals surface area (Å²) in [6.45, 7) is 5.70. The van der Waals surface area contributed by atoms with Crippen molar-refractivity contribution in [3.05, 3.63) is 0 Å². The fraction of sp³-hybridized carbons (Fsp3) is 0.667. The summed E-state index contributed by atoms with van der Waals surface area (Å²) < 4.78 is 5.85. The van der Waals surface area contributed by atoms with E-state index >= 15 is 0 Å². The Balaban J connectivity index is 2.85. The van der Waals surface area contributed by atoms with E-state index in [0.717, 1.165) is 0 Å².